The van der Waals surface area contributed by atoms with Crippen LogP contribution in [0.15, 0.2) is 30.3 Å². The molecule has 1 aromatic rings. The molecule has 0 aliphatic heterocycles. The van der Waals surface area contributed by atoms with Gasteiger partial charge in [0.25, 0.3) is 0 Å². The number of para-hydroxylation sites is 1. The summed E-state index contributed by atoms with van der Waals surface area (Å²) in [6.45, 7) is 6.55. The summed E-state index contributed by atoms with van der Waals surface area (Å²) in [5.41, 5.74) is 0. The van der Waals surface area contributed by atoms with Crippen molar-refractivity contribution in [1.82, 2.24) is 5.32 Å². The number of nitrogens with one attached hydrogen (secondary N) is 1. The Labute approximate surface area is 105 Å². The fourth-order valence-corrected chi connectivity index (χ4v) is 1.92. The molecule has 1 aromatic carbocycles. The summed E-state index contributed by atoms with van der Waals surface area (Å²) in [4.78, 5) is 0. The summed E-state index contributed by atoms with van der Waals surface area (Å²) in [5, 5.41) is 3.23. The van der Waals surface area contributed by atoms with Gasteiger partial charge in [-0.3, -0.25) is 0 Å². The van der Waals surface area contributed by atoms with Crippen molar-refractivity contribution in [2.45, 2.75) is 26.7 Å². The van der Waals surface area contributed by atoms with Crippen LogP contribution in [0.2, 0.25) is 0 Å². The molecular weight excluding hydrogens is 210 g/mol. The lowest BCUT2D eigenvalue weighted by molar-refractivity contribution is 0.273. The van der Waals surface area contributed by atoms with Crippen molar-refractivity contribution < 1.29 is 4.74 Å². The van der Waals surface area contributed by atoms with Gasteiger partial charge in [0.05, 0.1) is 6.61 Å². The predicted molar refractivity (Wildman–Crippen MR) is 73.4 cm³/mol. The summed E-state index contributed by atoms with van der Waals surface area (Å²) in [6, 6.07) is 10.0. The molecule has 1 rings (SSSR count). The lowest BCUT2D eigenvalue weighted by Crippen LogP contribution is -2.22. The van der Waals surface area contributed by atoms with E-state index in [1.54, 1.807) is 0 Å². The van der Waals surface area contributed by atoms with Gasteiger partial charge in [-0.1, -0.05) is 32.0 Å². The van der Waals surface area contributed by atoms with E-state index >= 15 is 0 Å². The zero-order valence-corrected chi connectivity index (χ0v) is 11.3. The number of ether oxygens (including phenoxy) is 1. The minimum absolute atomic E-state index is 0.733. The maximum Gasteiger partial charge on any atom is 0.119 e. The van der Waals surface area contributed by atoms with E-state index in [0.29, 0.717) is 0 Å². The highest BCUT2D eigenvalue weighted by atomic mass is 16.5. The molecule has 2 nitrogen and oxygen atoms in total. The quantitative estimate of drug-likeness (QED) is 0.698. The monoisotopic (exact) mass is 235 g/mol. The Morgan fingerprint density at radius 1 is 1.12 bits per heavy atom. The lowest BCUT2D eigenvalue weighted by Gasteiger charge is -2.19. The highest BCUT2D eigenvalue weighted by molar-refractivity contribution is 5.20. The van der Waals surface area contributed by atoms with Gasteiger partial charge in [0, 0.05) is 0 Å². The van der Waals surface area contributed by atoms with Crippen LogP contribution in [0.4, 0.5) is 0 Å². The van der Waals surface area contributed by atoms with Gasteiger partial charge in [0.15, 0.2) is 0 Å². The molecule has 0 aliphatic rings. The van der Waals surface area contributed by atoms with Crippen molar-refractivity contribution in [2.75, 3.05) is 20.2 Å². The fraction of sp³-hybridized carbons (Fsp3) is 0.600. The van der Waals surface area contributed by atoms with Crippen LogP contribution in [0, 0.1) is 11.8 Å². The second-order valence-corrected chi connectivity index (χ2v) is 4.82. The van der Waals surface area contributed by atoms with Crippen LogP contribution in [0.5, 0.6) is 5.75 Å². The Morgan fingerprint density at radius 2 is 1.82 bits per heavy atom. The van der Waals surface area contributed by atoms with Gasteiger partial charge >= 0.3 is 0 Å². The zero-order valence-electron chi connectivity index (χ0n) is 11.3. The minimum Gasteiger partial charge on any atom is -0.494 e. The molecule has 2 heteroatoms. The molecule has 0 heterocycles. The van der Waals surface area contributed by atoms with Crippen LogP contribution in [0.25, 0.3) is 0 Å². The molecule has 96 valence electrons. The van der Waals surface area contributed by atoms with Crippen LogP contribution >= 0.6 is 0 Å². The largest absolute Gasteiger partial charge is 0.494 e. The van der Waals surface area contributed by atoms with Gasteiger partial charge in [-0.25, -0.2) is 0 Å². The maximum absolute atomic E-state index is 5.68. The second kappa shape index (κ2) is 8.13. The van der Waals surface area contributed by atoms with Crippen LogP contribution in [-0.4, -0.2) is 20.2 Å². The van der Waals surface area contributed by atoms with Gasteiger partial charge in [-0.05, 0) is 50.4 Å². The smallest absolute Gasteiger partial charge is 0.119 e. The Balaban J connectivity index is 2.12. The van der Waals surface area contributed by atoms with Crippen molar-refractivity contribution >= 4 is 0 Å². The first-order valence-electron chi connectivity index (χ1n) is 6.56. The van der Waals surface area contributed by atoms with E-state index < -0.39 is 0 Å². The molecule has 17 heavy (non-hydrogen) atoms. The Kier molecular flexibility index (Phi) is 6.71. The first-order chi connectivity index (χ1) is 8.24. The van der Waals surface area contributed by atoms with Crippen molar-refractivity contribution in [1.29, 1.82) is 0 Å². The molecule has 2 unspecified atom stereocenters. The third-order valence-corrected chi connectivity index (χ3v) is 3.31. The normalized spacial score (nSPS) is 14.3. The highest BCUT2D eigenvalue weighted by Gasteiger charge is 2.10. The van der Waals surface area contributed by atoms with E-state index in [0.717, 1.165) is 37.2 Å². The minimum atomic E-state index is 0.733. The van der Waals surface area contributed by atoms with E-state index in [-0.39, 0.29) is 0 Å². The van der Waals surface area contributed by atoms with E-state index in [1.165, 1.54) is 6.42 Å². The highest BCUT2D eigenvalue weighted by Crippen LogP contribution is 2.16. The lowest BCUT2D eigenvalue weighted by atomic mass is 9.92. The van der Waals surface area contributed by atoms with Crippen LogP contribution in [-0.2, 0) is 0 Å². The number of hydrogen-bond acceptors (Lipinski definition) is 2. The van der Waals surface area contributed by atoms with Gasteiger partial charge < -0.3 is 10.1 Å². The first-order valence-corrected chi connectivity index (χ1v) is 6.56. The van der Waals surface area contributed by atoms with Crippen LogP contribution in [0.3, 0.4) is 0 Å². The van der Waals surface area contributed by atoms with E-state index in [9.17, 15) is 0 Å². The van der Waals surface area contributed by atoms with Gasteiger partial charge in [-0.15, -0.1) is 0 Å². The molecule has 0 fully saturated rings. The van der Waals surface area contributed by atoms with Crippen molar-refractivity contribution in [3.63, 3.8) is 0 Å². The van der Waals surface area contributed by atoms with Gasteiger partial charge in [0.1, 0.15) is 5.75 Å². The Morgan fingerprint density at radius 3 is 2.47 bits per heavy atom. The first kappa shape index (κ1) is 14.0. The summed E-state index contributed by atoms with van der Waals surface area (Å²) < 4.78 is 5.68. The molecular formula is C15H25NO. The maximum atomic E-state index is 5.68. The topological polar surface area (TPSA) is 21.3 Å². The summed E-state index contributed by atoms with van der Waals surface area (Å²) in [7, 11) is 2.02. The van der Waals surface area contributed by atoms with Crippen LogP contribution < -0.4 is 10.1 Å². The van der Waals surface area contributed by atoms with Crippen LogP contribution in [0.1, 0.15) is 26.7 Å². The molecule has 1 N–H and O–H groups in total. The molecule has 0 spiro atoms. The summed E-state index contributed by atoms with van der Waals surface area (Å²) in [6.07, 6.45) is 2.36. The standard InChI is InChI=1S/C15H25NO/c1-13(14(2)12-16-3)8-7-11-17-15-9-5-4-6-10-15/h4-6,9-10,13-14,16H,7-8,11-12H2,1-3H3. The van der Waals surface area contributed by atoms with E-state index in [1.807, 2.05) is 37.4 Å². The third-order valence-electron chi connectivity index (χ3n) is 3.31. The van der Waals surface area contributed by atoms with Crippen molar-refractivity contribution in [3.8, 4) is 5.75 Å². The average Bonchev–Trinajstić information content (AvgIpc) is 2.36. The Hall–Kier alpha value is -1.02. The van der Waals surface area contributed by atoms with E-state index in [4.69, 9.17) is 4.74 Å². The molecule has 0 aliphatic carbocycles. The van der Waals surface area contributed by atoms with Gasteiger partial charge in [0.2, 0.25) is 0 Å². The molecule has 0 amide bonds. The second-order valence-electron chi connectivity index (χ2n) is 4.82. The molecule has 0 bridgehead atoms. The van der Waals surface area contributed by atoms with Crippen molar-refractivity contribution in [3.05, 3.63) is 30.3 Å². The molecule has 0 saturated heterocycles. The predicted octanol–water partition coefficient (Wildman–Crippen LogP) is 3.34. The number of benzene rings is 1. The fourth-order valence-electron chi connectivity index (χ4n) is 1.92. The summed E-state index contributed by atoms with van der Waals surface area (Å²) >= 11 is 0. The SMILES string of the molecule is CNCC(C)C(C)CCCOc1ccccc1. The Bertz CT molecular complexity index is 286. The zero-order chi connectivity index (χ0) is 12.5. The summed E-state index contributed by atoms with van der Waals surface area (Å²) in [5.74, 6) is 2.46. The molecule has 0 radical (unpaired) electrons. The third kappa shape index (κ3) is 5.73. The van der Waals surface area contributed by atoms with Crippen molar-refractivity contribution in [2.24, 2.45) is 11.8 Å². The molecule has 2 atom stereocenters. The van der Waals surface area contributed by atoms with E-state index in [2.05, 4.69) is 19.2 Å². The molecule has 0 aromatic heterocycles. The number of hydrogen-bond donors (Lipinski definition) is 1. The molecule has 0 saturated carbocycles. The van der Waals surface area contributed by atoms with Gasteiger partial charge in [-0.2, -0.15) is 0 Å². The average molecular weight is 235 g/mol. The number of rotatable bonds is 8.